The number of aromatic nitrogens is 4. The maximum absolute atomic E-state index is 4.23. The summed E-state index contributed by atoms with van der Waals surface area (Å²) in [6, 6.07) is 12.9. The minimum absolute atomic E-state index is 0.457. The van der Waals surface area contributed by atoms with Gasteiger partial charge in [-0.05, 0) is 52.3 Å². The first-order valence-electron chi connectivity index (χ1n) is 7.43. The number of fused-ring (bicyclic) bond motifs is 1. The first-order chi connectivity index (χ1) is 10.9. The maximum atomic E-state index is 4.23. The largest absolute Gasteiger partial charge is 0.215 e. The number of thioether (sulfide) groups is 1. The number of tetrazole rings is 1. The fourth-order valence-electron chi connectivity index (χ4n) is 2.89. The van der Waals surface area contributed by atoms with Crippen LogP contribution >= 0.6 is 23.1 Å². The molecule has 22 heavy (non-hydrogen) atoms. The molecule has 0 saturated carbocycles. The normalized spacial score (nSPS) is 17.4. The monoisotopic (exact) mass is 328 g/mol. The van der Waals surface area contributed by atoms with E-state index in [0.29, 0.717) is 5.25 Å². The van der Waals surface area contributed by atoms with Crippen LogP contribution in [0, 0.1) is 0 Å². The summed E-state index contributed by atoms with van der Waals surface area (Å²) in [5, 5.41) is 15.7. The van der Waals surface area contributed by atoms with Crippen LogP contribution in [-0.2, 0) is 13.0 Å². The third kappa shape index (κ3) is 2.80. The molecule has 0 saturated heterocycles. The minimum atomic E-state index is 0.457. The van der Waals surface area contributed by atoms with E-state index < -0.39 is 0 Å². The van der Waals surface area contributed by atoms with Crippen LogP contribution in [0.3, 0.4) is 0 Å². The fraction of sp³-hybridized carbons (Fsp3) is 0.312. The van der Waals surface area contributed by atoms with E-state index in [2.05, 4.69) is 57.3 Å². The summed E-state index contributed by atoms with van der Waals surface area (Å²) in [5.41, 5.74) is 2.92. The van der Waals surface area contributed by atoms with Crippen molar-refractivity contribution < 1.29 is 0 Å². The molecule has 1 aliphatic rings. The van der Waals surface area contributed by atoms with E-state index in [1.807, 2.05) is 4.68 Å². The number of hydrogen-bond acceptors (Lipinski definition) is 5. The standard InChI is InChI=1S/C16H16N4S2/c1-2-8-14-12(5-1)6-3-9-15(14)22-16-17-18-19-20(16)11-13-7-4-10-21-13/h1-2,4-5,7-8,10,15H,3,6,9,11H2. The molecule has 0 N–H and O–H groups in total. The maximum Gasteiger partial charge on any atom is 0.210 e. The van der Waals surface area contributed by atoms with E-state index in [1.54, 1.807) is 23.1 Å². The minimum Gasteiger partial charge on any atom is -0.215 e. The fourth-order valence-corrected chi connectivity index (χ4v) is 4.78. The Morgan fingerprint density at radius 3 is 3.09 bits per heavy atom. The third-order valence-electron chi connectivity index (χ3n) is 3.95. The number of aryl methyl sites for hydroxylation is 1. The SMILES string of the molecule is c1csc(Cn2nnnc2SC2CCCc3ccccc32)c1. The van der Waals surface area contributed by atoms with Crippen LogP contribution in [0.2, 0.25) is 0 Å². The Labute approximate surface area is 137 Å². The van der Waals surface area contributed by atoms with E-state index >= 15 is 0 Å². The molecule has 2 aromatic heterocycles. The molecule has 3 aromatic rings. The molecule has 2 heterocycles. The van der Waals surface area contributed by atoms with Gasteiger partial charge in [0.05, 0.1) is 6.54 Å². The van der Waals surface area contributed by atoms with Crippen molar-refractivity contribution in [2.24, 2.45) is 0 Å². The van der Waals surface area contributed by atoms with E-state index in [0.717, 1.165) is 11.7 Å². The molecule has 0 radical (unpaired) electrons. The Balaban J connectivity index is 1.56. The molecule has 0 spiro atoms. The van der Waals surface area contributed by atoms with Crippen LogP contribution in [-0.4, -0.2) is 20.2 Å². The molecule has 0 bridgehead atoms. The molecule has 4 nitrogen and oxygen atoms in total. The number of nitrogens with zero attached hydrogens (tertiary/aromatic N) is 4. The lowest BCUT2D eigenvalue weighted by Crippen LogP contribution is -2.09. The van der Waals surface area contributed by atoms with Gasteiger partial charge < -0.3 is 0 Å². The average Bonchev–Trinajstić information content (AvgIpc) is 3.21. The van der Waals surface area contributed by atoms with E-state index in [1.165, 1.54) is 35.3 Å². The summed E-state index contributed by atoms with van der Waals surface area (Å²) in [4.78, 5) is 1.28. The van der Waals surface area contributed by atoms with Gasteiger partial charge in [0.2, 0.25) is 5.16 Å². The average molecular weight is 328 g/mol. The van der Waals surface area contributed by atoms with E-state index in [-0.39, 0.29) is 0 Å². The Hall–Kier alpha value is -1.66. The summed E-state index contributed by atoms with van der Waals surface area (Å²) in [5.74, 6) is 0. The van der Waals surface area contributed by atoms with Crippen molar-refractivity contribution in [1.82, 2.24) is 20.2 Å². The van der Waals surface area contributed by atoms with Crippen molar-refractivity contribution in [3.8, 4) is 0 Å². The lowest BCUT2D eigenvalue weighted by molar-refractivity contribution is 0.604. The first kappa shape index (κ1) is 14.0. The zero-order valence-electron chi connectivity index (χ0n) is 12.1. The summed E-state index contributed by atoms with van der Waals surface area (Å²) in [7, 11) is 0. The number of thiophene rings is 1. The molecule has 1 aromatic carbocycles. The predicted octanol–water partition coefficient (Wildman–Crippen LogP) is 3.95. The van der Waals surface area contributed by atoms with Gasteiger partial charge in [-0.25, -0.2) is 4.68 Å². The first-order valence-corrected chi connectivity index (χ1v) is 9.19. The van der Waals surface area contributed by atoms with Crippen LogP contribution in [0.25, 0.3) is 0 Å². The Morgan fingerprint density at radius 2 is 2.18 bits per heavy atom. The Kier molecular flexibility index (Phi) is 3.95. The highest BCUT2D eigenvalue weighted by Gasteiger charge is 2.23. The van der Waals surface area contributed by atoms with Crippen molar-refractivity contribution in [2.45, 2.75) is 36.2 Å². The van der Waals surface area contributed by atoms with Gasteiger partial charge in [-0.2, -0.15) is 0 Å². The molecular weight excluding hydrogens is 312 g/mol. The second-order valence-corrected chi connectivity index (χ2v) is 7.60. The lowest BCUT2D eigenvalue weighted by Gasteiger charge is -2.24. The molecule has 1 aliphatic carbocycles. The molecule has 6 heteroatoms. The summed E-state index contributed by atoms with van der Waals surface area (Å²) in [6.07, 6.45) is 3.61. The molecule has 0 aliphatic heterocycles. The van der Waals surface area contributed by atoms with Crippen LogP contribution in [0.4, 0.5) is 0 Å². The van der Waals surface area contributed by atoms with Gasteiger partial charge in [0.25, 0.3) is 0 Å². The van der Waals surface area contributed by atoms with Crippen molar-refractivity contribution >= 4 is 23.1 Å². The van der Waals surface area contributed by atoms with Gasteiger partial charge >= 0.3 is 0 Å². The second kappa shape index (κ2) is 6.22. The Bertz CT molecular complexity index is 751. The summed E-state index contributed by atoms with van der Waals surface area (Å²) in [6.45, 7) is 0.751. The Morgan fingerprint density at radius 1 is 1.23 bits per heavy atom. The quantitative estimate of drug-likeness (QED) is 0.727. The van der Waals surface area contributed by atoms with Crippen LogP contribution < -0.4 is 0 Å². The molecule has 112 valence electrons. The van der Waals surface area contributed by atoms with Crippen LogP contribution in [0.15, 0.2) is 46.9 Å². The van der Waals surface area contributed by atoms with Gasteiger partial charge in [0, 0.05) is 10.1 Å². The number of benzene rings is 1. The molecule has 1 atom stereocenters. The molecule has 0 amide bonds. The van der Waals surface area contributed by atoms with Gasteiger partial charge in [0.1, 0.15) is 0 Å². The third-order valence-corrected chi connectivity index (χ3v) is 6.09. The number of hydrogen-bond donors (Lipinski definition) is 0. The molecule has 4 rings (SSSR count). The van der Waals surface area contributed by atoms with Crippen LogP contribution in [0.1, 0.15) is 34.1 Å². The highest BCUT2D eigenvalue weighted by molar-refractivity contribution is 7.99. The summed E-state index contributed by atoms with van der Waals surface area (Å²) < 4.78 is 1.91. The topological polar surface area (TPSA) is 43.6 Å². The highest BCUT2D eigenvalue weighted by Crippen LogP contribution is 2.42. The van der Waals surface area contributed by atoms with Crippen molar-refractivity contribution in [3.63, 3.8) is 0 Å². The second-order valence-electron chi connectivity index (χ2n) is 5.40. The molecular formula is C16H16N4S2. The predicted molar refractivity (Wildman–Crippen MR) is 89.2 cm³/mol. The zero-order chi connectivity index (χ0) is 14.8. The van der Waals surface area contributed by atoms with Gasteiger partial charge in [-0.3, -0.25) is 0 Å². The van der Waals surface area contributed by atoms with Gasteiger partial charge in [-0.1, -0.05) is 42.1 Å². The van der Waals surface area contributed by atoms with E-state index in [4.69, 9.17) is 0 Å². The molecule has 0 fully saturated rings. The van der Waals surface area contributed by atoms with Gasteiger partial charge in [-0.15, -0.1) is 16.4 Å². The highest BCUT2D eigenvalue weighted by atomic mass is 32.2. The van der Waals surface area contributed by atoms with Gasteiger partial charge in [0.15, 0.2) is 0 Å². The van der Waals surface area contributed by atoms with Crippen LogP contribution in [0.5, 0.6) is 0 Å². The van der Waals surface area contributed by atoms with Crippen molar-refractivity contribution in [1.29, 1.82) is 0 Å². The van der Waals surface area contributed by atoms with E-state index in [9.17, 15) is 0 Å². The lowest BCUT2D eigenvalue weighted by atomic mass is 9.91. The summed E-state index contributed by atoms with van der Waals surface area (Å²) >= 11 is 3.53. The molecule has 1 unspecified atom stereocenters. The zero-order valence-corrected chi connectivity index (χ0v) is 13.7. The van der Waals surface area contributed by atoms with Crippen molar-refractivity contribution in [2.75, 3.05) is 0 Å². The number of rotatable bonds is 4. The smallest absolute Gasteiger partial charge is 0.210 e. The van der Waals surface area contributed by atoms with Crippen molar-refractivity contribution in [3.05, 3.63) is 57.8 Å².